The Morgan fingerprint density at radius 3 is 2.80 bits per heavy atom. The van der Waals surface area contributed by atoms with E-state index in [0.29, 0.717) is 17.5 Å². The molecule has 7 heteroatoms. The number of nitrogens with two attached hydrogens (primary N) is 1. The molecule has 0 spiro atoms. The van der Waals surface area contributed by atoms with Gasteiger partial charge in [0.05, 0.1) is 24.9 Å². The van der Waals surface area contributed by atoms with Gasteiger partial charge in [-0.15, -0.1) is 5.10 Å². The molecule has 2 N–H and O–H groups in total. The third-order valence-corrected chi connectivity index (χ3v) is 3.73. The van der Waals surface area contributed by atoms with Gasteiger partial charge in [-0.1, -0.05) is 0 Å². The first-order chi connectivity index (χ1) is 9.72. The highest BCUT2D eigenvalue weighted by Crippen LogP contribution is 2.36. The molecule has 1 fully saturated rings. The van der Waals surface area contributed by atoms with E-state index in [1.54, 1.807) is 20.3 Å². The van der Waals surface area contributed by atoms with E-state index >= 15 is 0 Å². The van der Waals surface area contributed by atoms with Crippen LogP contribution >= 0.6 is 0 Å². The van der Waals surface area contributed by atoms with Crippen molar-refractivity contribution in [3.05, 3.63) is 18.2 Å². The van der Waals surface area contributed by atoms with Crippen molar-refractivity contribution in [3.63, 3.8) is 0 Å². The van der Waals surface area contributed by atoms with Crippen molar-refractivity contribution in [3.8, 4) is 17.1 Å². The molecule has 0 atom stereocenters. The molecule has 0 unspecified atom stereocenters. The fourth-order valence-corrected chi connectivity index (χ4v) is 2.41. The summed E-state index contributed by atoms with van der Waals surface area (Å²) in [5, 5.41) is 12.0. The zero-order chi connectivity index (χ0) is 14.1. The summed E-state index contributed by atoms with van der Waals surface area (Å²) < 4.78 is 12.4. The second-order valence-electron chi connectivity index (χ2n) is 4.89. The van der Waals surface area contributed by atoms with Crippen molar-refractivity contribution in [1.82, 2.24) is 20.2 Å². The quantitative estimate of drug-likeness (QED) is 0.846. The maximum atomic E-state index is 5.82. The SMILES string of the molecule is COc1cc(-c2nnnn2C2CC(OC)C2)ccc1N. The molecule has 1 heterocycles. The van der Waals surface area contributed by atoms with E-state index in [1.165, 1.54) is 0 Å². The standard InChI is InChI=1S/C13H17N5O2/c1-19-10-6-9(7-10)18-13(15-16-17-18)8-3-4-11(14)12(5-8)20-2/h3-5,9-10H,6-7,14H2,1-2H3. The monoisotopic (exact) mass is 275 g/mol. The Kier molecular flexibility index (Phi) is 3.27. The molecular weight excluding hydrogens is 258 g/mol. The summed E-state index contributed by atoms with van der Waals surface area (Å²) >= 11 is 0. The van der Waals surface area contributed by atoms with Gasteiger partial charge >= 0.3 is 0 Å². The summed E-state index contributed by atoms with van der Waals surface area (Å²) in [5.74, 6) is 1.35. The lowest BCUT2D eigenvalue weighted by molar-refractivity contribution is 0.00248. The van der Waals surface area contributed by atoms with E-state index in [4.69, 9.17) is 15.2 Å². The van der Waals surface area contributed by atoms with Crippen molar-refractivity contribution in [2.75, 3.05) is 20.0 Å². The normalized spacial score (nSPS) is 21.5. The number of tetrazole rings is 1. The molecule has 0 bridgehead atoms. The van der Waals surface area contributed by atoms with Crippen LogP contribution in [0, 0.1) is 0 Å². The molecule has 1 aromatic heterocycles. The van der Waals surface area contributed by atoms with Crippen molar-refractivity contribution < 1.29 is 9.47 Å². The van der Waals surface area contributed by atoms with E-state index in [0.717, 1.165) is 24.2 Å². The number of hydrogen-bond acceptors (Lipinski definition) is 6. The van der Waals surface area contributed by atoms with Crippen LogP contribution in [0.3, 0.4) is 0 Å². The van der Waals surface area contributed by atoms with Crippen LogP contribution in [0.4, 0.5) is 5.69 Å². The van der Waals surface area contributed by atoms with Gasteiger partial charge in [-0.05, 0) is 41.5 Å². The number of nitrogen functional groups attached to an aromatic ring is 1. The van der Waals surface area contributed by atoms with Crippen molar-refractivity contribution in [1.29, 1.82) is 0 Å². The molecule has 3 rings (SSSR count). The third kappa shape index (κ3) is 2.09. The Balaban J connectivity index is 1.90. The Morgan fingerprint density at radius 1 is 1.30 bits per heavy atom. The van der Waals surface area contributed by atoms with Crippen LogP contribution in [0.15, 0.2) is 18.2 Å². The Morgan fingerprint density at radius 2 is 2.10 bits per heavy atom. The van der Waals surface area contributed by atoms with Crippen LogP contribution in [0.5, 0.6) is 5.75 Å². The molecule has 1 aliphatic rings. The first kappa shape index (κ1) is 12.9. The predicted octanol–water partition coefficient (Wildman–Crippen LogP) is 1.28. The minimum absolute atomic E-state index is 0.286. The van der Waals surface area contributed by atoms with Gasteiger partial charge in [-0.25, -0.2) is 4.68 Å². The zero-order valence-electron chi connectivity index (χ0n) is 11.5. The van der Waals surface area contributed by atoms with Crippen LogP contribution in [0.1, 0.15) is 18.9 Å². The number of hydrogen-bond donors (Lipinski definition) is 1. The third-order valence-electron chi connectivity index (χ3n) is 3.73. The lowest BCUT2D eigenvalue weighted by Gasteiger charge is -2.34. The van der Waals surface area contributed by atoms with Gasteiger partial charge < -0.3 is 15.2 Å². The lowest BCUT2D eigenvalue weighted by atomic mass is 9.89. The fraction of sp³-hybridized carbons (Fsp3) is 0.462. The lowest BCUT2D eigenvalue weighted by Crippen LogP contribution is -2.33. The number of rotatable bonds is 4. The van der Waals surface area contributed by atoms with Gasteiger partial charge in [-0.2, -0.15) is 0 Å². The smallest absolute Gasteiger partial charge is 0.182 e. The highest BCUT2D eigenvalue weighted by molar-refractivity contribution is 5.65. The summed E-state index contributed by atoms with van der Waals surface area (Å²) in [6, 6.07) is 5.83. The molecule has 106 valence electrons. The second kappa shape index (κ2) is 5.09. The van der Waals surface area contributed by atoms with Crippen LogP contribution < -0.4 is 10.5 Å². The summed E-state index contributed by atoms with van der Waals surface area (Å²) in [5.41, 5.74) is 7.31. The average molecular weight is 275 g/mol. The molecule has 0 aliphatic heterocycles. The number of methoxy groups -OCH3 is 2. The molecule has 20 heavy (non-hydrogen) atoms. The van der Waals surface area contributed by atoms with E-state index in [1.807, 2.05) is 16.8 Å². The summed E-state index contributed by atoms with van der Waals surface area (Å²) in [4.78, 5) is 0. The second-order valence-corrected chi connectivity index (χ2v) is 4.89. The maximum Gasteiger partial charge on any atom is 0.182 e. The highest BCUT2D eigenvalue weighted by atomic mass is 16.5. The maximum absolute atomic E-state index is 5.82. The van der Waals surface area contributed by atoms with Crippen LogP contribution in [0.25, 0.3) is 11.4 Å². The molecule has 0 saturated heterocycles. The summed E-state index contributed by atoms with van der Waals surface area (Å²) in [6.45, 7) is 0. The molecule has 1 saturated carbocycles. The highest BCUT2D eigenvalue weighted by Gasteiger charge is 2.33. The summed E-state index contributed by atoms with van der Waals surface area (Å²) in [7, 11) is 3.32. The van der Waals surface area contributed by atoms with Gasteiger partial charge in [0.1, 0.15) is 5.75 Å². The van der Waals surface area contributed by atoms with E-state index in [9.17, 15) is 0 Å². The Bertz CT molecular complexity index is 607. The van der Waals surface area contributed by atoms with Crippen LogP contribution in [-0.4, -0.2) is 40.5 Å². The van der Waals surface area contributed by atoms with Gasteiger partial charge in [0.2, 0.25) is 0 Å². The van der Waals surface area contributed by atoms with Crippen LogP contribution in [-0.2, 0) is 4.74 Å². The van der Waals surface area contributed by atoms with Crippen LogP contribution in [0.2, 0.25) is 0 Å². The van der Waals surface area contributed by atoms with Crippen molar-refractivity contribution in [2.24, 2.45) is 0 Å². The van der Waals surface area contributed by atoms with Crippen molar-refractivity contribution in [2.45, 2.75) is 25.0 Å². The minimum atomic E-state index is 0.286. The van der Waals surface area contributed by atoms with Gasteiger partial charge in [-0.3, -0.25) is 0 Å². The number of aromatic nitrogens is 4. The number of ether oxygens (including phenoxy) is 2. The molecule has 0 amide bonds. The molecule has 2 aromatic rings. The van der Waals surface area contributed by atoms with E-state index in [2.05, 4.69) is 15.5 Å². The summed E-state index contributed by atoms with van der Waals surface area (Å²) in [6.07, 6.45) is 2.17. The zero-order valence-corrected chi connectivity index (χ0v) is 11.5. The molecule has 7 nitrogen and oxygen atoms in total. The minimum Gasteiger partial charge on any atom is -0.495 e. The van der Waals surface area contributed by atoms with Gasteiger partial charge in [0.15, 0.2) is 5.82 Å². The number of nitrogens with zero attached hydrogens (tertiary/aromatic N) is 4. The van der Waals surface area contributed by atoms with E-state index in [-0.39, 0.29) is 6.04 Å². The number of benzene rings is 1. The Labute approximate surface area is 116 Å². The van der Waals surface area contributed by atoms with Crippen molar-refractivity contribution >= 4 is 5.69 Å². The number of anilines is 1. The predicted molar refractivity (Wildman–Crippen MR) is 73.3 cm³/mol. The average Bonchev–Trinajstić information content (AvgIpc) is 2.87. The van der Waals surface area contributed by atoms with Gasteiger partial charge in [0, 0.05) is 12.7 Å². The van der Waals surface area contributed by atoms with E-state index < -0.39 is 0 Å². The molecular formula is C13H17N5O2. The largest absolute Gasteiger partial charge is 0.495 e. The molecule has 1 aliphatic carbocycles. The van der Waals surface area contributed by atoms with Gasteiger partial charge in [0.25, 0.3) is 0 Å². The molecule has 0 radical (unpaired) electrons. The topological polar surface area (TPSA) is 88.1 Å². The Hall–Kier alpha value is -2.15. The first-order valence-electron chi connectivity index (χ1n) is 6.47. The molecule has 1 aromatic carbocycles. The first-order valence-corrected chi connectivity index (χ1v) is 6.47. The fourth-order valence-electron chi connectivity index (χ4n) is 2.41.